The molecule has 2 bridgehead atoms. The number of hydrogen-bond donors (Lipinski definition) is 1. The third-order valence-electron chi connectivity index (χ3n) is 5.71. The second kappa shape index (κ2) is 7.10. The summed E-state index contributed by atoms with van der Waals surface area (Å²) >= 11 is 2.13. The molecule has 130 valence electrons. The summed E-state index contributed by atoms with van der Waals surface area (Å²) in [7, 11) is 1.66. The first-order valence-electron chi connectivity index (χ1n) is 8.67. The zero-order valence-electron chi connectivity index (χ0n) is 14.2. The van der Waals surface area contributed by atoms with Gasteiger partial charge in [0, 0.05) is 52.7 Å². The molecule has 0 radical (unpaired) electrons. The molecule has 0 amide bonds. The van der Waals surface area contributed by atoms with E-state index in [1.54, 1.807) is 13.3 Å². The summed E-state index contributed by atoms with van der Waals surface area (Å²) in [5, 5.41) is 12.2. The van der Waals surface area contributed by atoms with Gasteiger partial charge in [-0.3, -0.25) is 9.88 Å². The molecule has 4 heterocycles. The topological polar surface area (TPSA) is 45.6 Å². The number of aliphatic hydroxyl groups is 1. The van der Waals surface area contributed by atoms with Crippen molar-refractivity contribution >= 4 is 33.5 Å². The summed E-state index contributed by atoms with van der Waals surface area (Å²) in [5.74, 6) is 5.18. The third-order valence-corrected chi connectivity index (χ3v) is 6.02. The zero-order chi connectivity index (χ0) is 17.4. The van der Waals surface area contributed by atoms with Crippen LogP contribution in [0, 0.1) is 21.7 Å². The van der Waals surface area contributed by atoms with Crippen LogP contribution in [-0.4, -0.2) is 41.2 Å². The molecule has 5 rings (SSSR count). The number of fused-ring (bicyclic) bond motifs is 4. The normalized spacial score (nSPS) is 29.1. The van der Waals surface area contributed by atoms with E-state index in [-0.39, 0.29) is 6.04 Å². The SMILES string of the molecule is COc1ccc2nccc(C(O)C3CC4CCN3CC4C#CI)c2c1. The van der Waals surface area contributed by atoms with Crippen molar-refractivity contribution in [3.05, 3.63) is 36.0 Å². The van der Waals surface area contributed by atoms with Crippen molar-refractivity contribution in [2.45, 2.75) is 25.0 Å². The molecule has 25 heavy (non-hydrogen) atoms. The van der Waals surface area contributed by atoms with Gasteiger partial charge >= 0.3 is 0 Å². The molecule has 1 aromatic heterocycles. The Hall–Kier alpha value is -1.36. The number of halogens is 1. The number of rotatable bonds is 3. The predicted octanol–water partition coefficient (Wildman–Crippen LogP) is 3.38. The van der Waals surface area contributed by atoms with Gasteiger partial charge in [0.05, 0.1) is 18.7 Å². The Bertz CT molecular complexity index is 844. The number of benzene rings is 1. The minimum atomic E-state index is -0.520. The first-order chi connectivity index (χ1) is 12.2. The number of aromatic nitrogens is 1. The standard InChI is InChI=1S/C20H21IN2O2/c1-25-15-2-3-18-17(11-15)16(5-8-22-18)20(24)19-10-13-6-9-23(19)12-14(13)4-7-21/h2-3,5,8,11,13-14,19-20,24H,6,9-10,12H2,1H3. The van der Waals surface area contributed by atoms with Gasteiger partial charge in [-0.1, -0.05) is 5.92 Å². The van der Waals surface area contributed by atoms with E-state index in [1.807, 2.05) is 24.3 Å². The minimum absolute atomic E-state index is 0.155. The maximum absolute atomic E-state index is 11.2. The lowest BCUT2D eigenvalue weighted by atomic mass is 9.74. The highest BCUT2D eigenvalue weighted by atomic mass is 127. The van der Waals surface area contributed by atoms with Crippen molar-refractivity contribution in [2.24, 2.45) is 11.8 Å². The van der Waals surface area contributed by atoms with E-state index in [2.05, 4.69) is 42.3 Å². The summed E-state index contributed by atoms with van der Waals surface area (Å²) < 4.78 is 8.40. The molecule has 5 heteroatoms. The number of hydrogen-bond acceptors (Lipinski definition) is 4. The maximum atomic E-state index is 11.2. The quantitative estimate of drug-likeness (QED) is 0.578. The van der Waals surface area contributed by atoms with Gasteiger partial charge in [-0.2, -0.15) is 0 Å². The Morgan fingerprint density at radius 1 is 1.40 bits per heavy atom. The van der Waals surface area contributed by atoms with E-state index >= 15 is 0 Å². The fourth-order valence-electron chi connectivity index (χ4n) is 4.37. The van der Waals surface area contributed by atoms with Crippen LogP contribution in [0.25, 0.3) is 10.9 Å². The van der Waals surface area contributed by atoms with Gasteiger partial charge in [0.25, 0.3) is 0 Å². The molecular weight excluding hydrogens is 427 g/mol. The molecule has 3 fully saturated rings. The summed E-state index contributed by atoms with van der Waals surface area (Å²) in [6, 6.07) is 7.93. The van der Waals surface area contributed by atoms with Crippen LogP contribution in [0.3, 0.4) is 0 Å². The molecule has 5 atom stereocenters. The number of methoxy groups -OCH3 is 1. The van der Waals surface area contributed by atoms with Gasteiger partial charge in [0.2, 0.25) is 0 Å². The summed E-state index contributed by atoms with van der Waals surface area (Å²) in [5.41, 5.74) is 1.83. The molecule has 5 unspecified atom stereocenters. The molecule has 3 aliphatic heterocycles. The summed E-state index contributed by atoms with van der Waals surface area (Å²) in [6.45, 7) is 2.02. The molecule has 2 aromatic rings. The van der Waals surface area contributed by atoms with Crippen molar-refractivity contribution in [1.82, 2.24) is 9.88 Å². The lowest BCUT2D eigenvalue weighted by Crippen LogP contribution is -2.55. The molecular formula is C20H21IN2O2. The lowest BCUT2D eigenvalue weighted by Gasteiger charge is -2.50. The molecule has 4 nitrogen and oxygen atoms in total. The van der Waals surface area contributed by atoms with Crippen molar-refractivity contribution in [2.75, 3.05) is 20.2 Å². The number of ether oxygens (including phenoxy) is 1. The van der Waals surface area contributed by atoms with Crippen LogP contribution < -0.4 is 4.74 Å². The molecule has 0 spiro atoms. The van der Waals surface area contributed by atoms with Gasteiger partial charge in [-0.05, 0) is 59.1 Å². The van der Waals surface area contributed by atoms with Crippen LogP contribution in [0.5, 0.6) is 5.75 Å². The highest BCUT2D eigenvalue weighted by Gasteiger charge is 2.42. The average Bonchev–Trinajstić information content (AvgIpc) is 2.67. The fourth-order valence-corrected chi connectivity index (χ4v) is 4.77. The van der Waals surface area contributed by atoms with Gasteiger partial charge in [-0.15, -0.1) is 0 Å². The molecule has 1 N–H and O–H groups in total. The predicted molar refractivity (Wildman–Crippen MR) is 107 cm³/mol. The Morgan fingerprint density at radius 3 is 3.00 bits per heavy atom. The van der Waals surface area contributed by atoms with Crippen LogP contribution in [0.2, 0.25) is 0 Å². The van der Waals surface area contributed by atoms with Crippen LogP contribution in [0.15, 0.2) is 30.5 Å². The van der Waals surface area contributed by atoms with Crippen molar-refractivity contribution in [3.63, 3.8) is 0 Å². The summed E-state index contributed by atoms with van der Waals surface area (Å²) in [4.78, 5) is 6.85. The third kappa shape index (κ3) is 3.12. The monoisotopic (exact) mass is 448 g/mol. The molecule has 3 saturated heterocycles. The second-order valence-electron chi connectivity index (χ2n) is 6.92. The van der Waals surface area contributed by atoms with Gasteiger partial charge in [0.1, 0.15) is 5.75 Å². The van der Waals surface area contributed by atoms with Crippen LogP contribution in [0.1, 0.15) is 24.5 Å². The Balaban J connectivity index is 1.66. The van der Waals surface area contributed by atoms with Gasteiger partial charge in [-0.25, -0.2) is 0 Å². The fraction of sp³-hybridized carbons (Fsp3) is 0.450. The highest BCUT2D eigenvalue weighted by molar-refractivity contribution is 14.1. The van der Waals surface area contributed by atoms with Crippen molar-refractivity contribution in [1.29, 1.82) is 0 Å². The Morgan fingerprint density at radius 2 is 2.28 bits per heavy atom. The van der Waals surface area contributed by atoms with Crippen LogP contribution in [-0.2, 0) is 0 Å². The number of piperidine rings is 3. The van der Waals surface area contributed by atoms with Crippen LogP contribution >= 0.6 is 22.6 Å². The first-order valence-corrected chi connectivity index (χ1v) is 9.75. The molecule has 1 aromatic carbocycles. The largest absolute Gasteiger partial charge is 0.497 e. The smallest absolute Gasteiger partial charge is 0.119 e. The molecule has 0 aliphatic carbocycles. The van der Waals surface area contributed by atoms with E-state index in [9.17, 15) is 5.11 Å². The number of nitrogens with zero attached hydrogens (tertiary/aromatic N) is 2. The number of pyridine rings is 1. The van der Waals surface area contributed by atoms with Gasteiger partial charge < -0.3 is 9.84 Å². The average molecular weight is 448 g/mol. The van der Waals surface area contributed by atoms with Crippen molar-refractivity contribution < 1.29 is 9.84 Å². The van der Waals surface area contributed by atoms with Gasteiger partial charge in [0.15, 0.2) is 0 Å². The Kier molecular flexibility index (Phi) is 4.85. The van der Waals surface area contributed by atoms with E-state index in [0.29, 0.717) is 11.8 Å². The van der Waals surface area contributed by atoms with Crippen molar-refractivity contribution in [3.8, 4) is 15.6 Å². The maximum Gasteiger partial charge on any atom is 0.119 e. The first kappa shape index (κ1) is 17.1. The van der Waals surface area contributed by atoms with Crippen LogP contribution in [0.4, 0.5) is 0 Å². The van der Waals surface area contributed by atoms with E-state index in [0.717, 1.165) is 41.7 Å². The zero-order valence-corrected chi connectivity index (χ0v) is 16.3. The van der Waals surface area contributed by atoms with E-state index < -0.39 is 6.10 Å². The second-order valence-corrected chi connectivity index (χ2v) is 7.46. The van der Waals surface area contributed by atoms with E-state index in [4.69, 9.17) is 4.74 Å². The molecule has 0 saturated carbocycles. The minimum Gasteiger partial charge on any atom is -0.497 e. The lowest BCUT2D eigenvalue weighted by molar-refractivity contribution is -0.0425. The Labute approximate surface area is 161 Å². The van der Waals surface area contributed by atoms with E-state index in [1.165, 1.54) is 6.42 Å². The molecule has 3 aliphatic rings. The number of aliphatic hydroxyl groups excluding tert-OH is 1. The highest BCUT2D eigenvalue weighted by Crippen LogP contribution is 2.41. The summed E-state index contributed by atoms with van der Waals surface area (Å²) in [6.07, 6.45) is 3.46.